The summed E-state index contributed by atoms with van der Waals surface area (Å²) in [7, 11) is 2.17. The lowest BCUT2D eigenvalue weighted by molar-refractivity contribution is 0.0948. The van der Waals surface area contributed by atoms with Gasteiger partial charge in [0.2, 0.25) is 0 Å². The number of likely N-dealkylation sites (N-methyl/N-ethyl adjacent to an activating group) is 1. The zero-order chi connectivity index (χ0) is 14.4. The van der Waals surface area contributed by atoms with Gasteiger partial charge in [-0.05, 0) is 19.9 Å². The molecule has 0 aliphatic heterocycles. The number of nitrogen functional groups attached to an aromatic ring is 1. The van der Waals surface area contributed by atoms with Crippen LogP contribution in [0.1, 0.15) is 49.0 Å². The molecule has 0 spiro atoms. The molecule has 1 fully saturated rings. The molecule has 0 bridgehead atoms. The van der Waals surface area contributed by atoms with Crippen LogP contribution in [0.2, 0.25) is 0 Å². The predicted molar refractivity (Wildman–Crippen MR) is 75.8 cm³/mol. The van der Waals surface area contributed by atoms with Crippen LogP contribution < -0.4 is 11.3 Å². The fourth-order valence-corrected chi connectivity index (χ4v) is 2.73. The van der Waals surface area contributed by atoms with Crippen molar-refractivity contribution in [2.75, 3.05) is 13.6 Å². The Labute approximate surface area is 119 Å². The molecule has 0 unspecified atom stereocenters. The molecule has 1 aromatic rings. The second-order valence-electron chi connectivity index (χ2n) is 5.47. The molecule has 1 aliphatic carbocycles. The number of nitrogens with zero attached hydrogens (tertiary/aromatic N) is 4. The monoisotopic (exact) mass is 280 g/mol. The largest absolute Gasteiger partial charge is 0.302 e. The van der Waals surface area contributed by atoms with Crippen LogP contribution in [0.25, 0.3) is 0 Å². The summed E-state index contributed by atoms with van der Waals surface area (Å²) in [6, 6.07) is 0.674. The average molecular weight is 280 g/mol. The Morgan fingerprint density at radius 1 is 1.45 bits per heavy atom. The van der Waals surface area contributed by atoms with E-state index >= 15 is 0 Å². The van der Waals surface area contributed by atoms with Crippen LogP contribution in [-0.4, -0.2) is 45.4 Å². The minimum atomic E-state index is -0.409. The van der Waals surface area contributed by atoms with Crippen LogP contribution >= 0.6 is 0 Å². The number of amides is 1. The van der Waals surface area contributed by atoms with Crippen molar-refractivity contribution in [3.8, 4) is 0 Å². The van der Waals surface area contributed by atoms with E-state index in [4.69, 9.17) is 5.84 Å². The van der Waals surface area contributed by atoms with Gasteiger partial charge in [-0.15, -0.1) is 5.10 Å². The van der Waals surface area contributed by atoms with Crippen LogP contribution in [0.4, 0.5) is 0 Å². The molecule has 1 amide bonds. The average Bonchev–Trinajstić information content (AvgIpc) is 2.77. The second kappa shape index (κ2) is 7.35. The van der Waals surface area contributed by atoms with Gasteiger partial charge in [-0.25, -0.2) is 5.84 Å². The summed E-state index contributed by atoms with van der Waals surface area (Å²) in [6.45, 7) is 1.65. The van der Waals surface area contributed by atoms with E-state index < -0.39 is 5.91 Å². The maximum atomic E-state index is 11.3. The van der Waals surface area contributed by atoms with Crippen molar-refractivity contribution < 1.29 is 4.79 Å². The lowest BCUT2D eigenvalue weighted by atomic mass is 10.1. The zero-order valence-corrected chi connectivity index (χ0v) is 12.1. The number of nitrogens with one attached hydrogen (secondary N) is 1. The van der Waals surface area contributed by atoms with E-state index in [1.807, 2.05) is 0 Å². The first kappa shape index (κ1) is 14.9. The Kier molecular flexibility index (Phi) is 5.49. The van der Waals surface area contributed by atoms with Gasteiger partial charge in [0, 0.05) is 12.6 Å². The molecular formula is C13H24N6O. The number of aromatic nitrogens is 3. The molecule has 0 saturated heterocycles. The van der Waals surface area contributed by atoms with Gasteiger partial charge >= 0.3 is 0 Å². The number of hydrogen-bond acceptors (Lipinski definition) is 5. The van der Waals surface area contributed by atoms with E-state index in [1.54, 1.807) is 10.9 Å². The molecule has 20 heavy (non-hydrogen) atoms. The minimum Gasteiger partial charge on any atom is -0.302 e. The molecular weight excluding hydrogens is 256 g/mol. The van der Waals surface area contributed by atoms with E-state index in [1.165, 1.54) is 38.5 Å². The van der Waals surface area contributed by atoms with Crippen molar-refractivity contribution in [2.24, 2.45) is 5.84 Å². The topological polar surface area (TPSA) is 89.1 Å². The molecule has 1 heterocycles. The summed E-state index contributed by atoms with van der Waals surface area (Å²) in [5.74, 6) is 4.65. The molecule has 1 aliphatic rings. The van der Waals surface area contributed by atoms with Crippen molar-refractivity contribution in [3.63, 3.8) is 0 Å². The fourth-order valence-electron chi connectivity index (χ4n) is 2.73. The lowest BCUT2D eigenvalue weighted by Gasteiger charge is -2.26. The van der Waals surface area contributed by atoms with Crippen LogP contribution in [0.3, 0.4) is 0 Å². The van der Waals surface area contributed by atoms with Gasteiger partial charge in [0.1, 0.15) is 0 Å². The predicted octanol–water partition coefficient (Wildman–Crippen LogP) is 0.536. The summed E-state index contributed by atoms with van der Waals surface area (Å²) in [4.78, 5) is 13.7. The number of hydrogen-bond donors (Lipinski definition) is 2. The number of nitrogens with two attached hydrogens (primary N) is 1. The molecule has 7 nitrogen and oxygen atoms in total. The van der Waals surface area contributed by atoms with Crippen LogP contribution in [0, 0.1) is 0 Å². The van der Waals surface area contributed by atoms with Crippen LogP contribution in [-0.2, 0) is 6.54 Å². The maximum absolute atomic E-state index is 11.3. The Bertz CT molecular complexity index is 424. The summed E-state index contributed by atoms with van der Waals surface area (Å²) < 4.78 is 1.69. The summed E-state index contributed by atoms with van der Waals surface area (Å²) in [5.41, 5.74) is 2.31. The first-order valence-corrected chi connectivity index (χ1v) is 7.32. The third-order valence-corrected chi connectivity index (χ3v) is 4.03. The highest BCUT2D eigenvalue weighted by atomic mass is 16.2. The Morgan fingerprint density at radius 2 is 2.15 bits per heavy atom. The van der Waals surface area contributed by atoms with Crippen molar-refractivity contribution in [1.29, 1.82) is 0 Å². The van der Waals surface area contributed by atoms with Gasteiger partial charge in [0.05, 0.1) is 12.7 Å². The van der Waals surface area contributed by atoms with E-state index in [2.05, 4.69) is 27.7 Å². The van der Waals surface area contributed by atoms with Crippen molar-refractivity contribution in [1.82, 2.24) is 25.3 Å². The van der Waals surface area contributed by atoms with E-state index in [0.717, 1.165) is 13.1 Å². The molecule has 0 atom stereocenters. The summed E-state index contributed by atoms with van der Waals surface area (Å²) in [6.07, 6.45) is 9.60. The summed E-state index contributed by atoms with van der Waals surface area (Å²) in [5, 5.41) is 7.74. The van der Waals surface area contributed by atoms with E-state index in [9.17, 15) is 4.79 Å². The van der Waals surface area contributed by atoms with Crippen molar-refractivity contribution in [2.45, 2.75) is 51.1 Å². The molecule has 0 aromatic carbocycles. The van der Waals surface area contributed by atoms with Gasteiger partial charge in [0.15, 0.2) is 5.69 Å². The number of carbonyl (C=O) groups is 1. The number of carbonyl (C=O) groups excluding carboxylic acids is 1. The number of rotatable bonds is 5. The standard InChI is InChI=1S/C13H24N6O/c1-18(11-6-4-2-3-5-7-11)8-9-19-10-12(16-17-19)13(20)15-14/h10-11H,2-9,14H2,1H3,(H,15,20). The molecule has 1 aromatic heterocycles. The van der Waals surface area contributed by atoms with Crippen molar-refractivity contribution >= 4 is 5.91 Å². The molecule has 3 N–H and O–H groups in total. The Balaban J connectivity index is 1.81. The van der Waals surface area contributed by atoms with Crippen LogP contribution in [0.15, 0.2) is 6.20 Å². The highest BCUT2D eigenvalue weighted by Crippen LogP contribution is 2.20. The Morgan fingerprint density at radius 3 is 2.80 bits per heavy atom. The molecule has 7 heteroatoms. The van der Waals surface area contributed by atoms with Gasteiger partial charge in [0.25, 0.3) is 5.91 Å². The maximum Gasteiger partial charge on any atom is 0.287 e. The third-order valence-electron chi connectivity index (χ3n) is 4.03. The molecule has 2 rings (SSSR count). The molecule has 0 radical (unpaired) electrons. The quantitative estimate of drug-likeness (QED) is 0.355. The zero-order valence-electron chi connectivity index (χ0n) is 12.1. The van der Waals surface area contributed by atoms with Crippen molar-refractivity contribution in [3.05, 3.63) is 11.9 Å². The second-order valence-corrected chi connectivity index (χ2v) is 5.47. The first-order valence-electron chi connectivity index (χ1n) is 7.32. The van der Waals surface area contributed by atoms with E-state index in [-0.39, 0.29) is 5.69 Å². The van der Waals surface area contributed by atoms with Crippen LogP contribution in [0.5, 0.6) is 0 Å². The normalized spacial score (nSPS) is 17.1. The van der Waals surface area contributed by atoms with Gasteiger partial charge in [-0.1, -0.05) is 30.9 Å². The minimum absolute atomic E-state index is 0.254. The van der Waals surface area contributed by atoms with E-state index in [0.29, 0.717) is 6.04 Å². The highest BCUT2D eigenvalue weighted by Gasteiger charge is 2.17. The smallest absolute Gasteiger partial charge is 0.287 e. The first-order chi connectivity index (χ1) is 9.70. The SMILES string of the molecule is CN(CCn1cc(C(=O)NN)nn1)C1CCCCCC1. The molecule has 1 saturated carbocycles. The Hall–Kier alpha value is -1.47. The third kappa shape index (κ3) is 4.01. The fraction of sp³-hybridized carbons (Fsp3) is 0.769. The van der Waals surface area contributed by atoms with Gasteiger partial charge in [-0.2, -0.15) is 0 Å². The highest BCUT2D eigenvalue weighted by molar-refractivity contribution is 5.91. The van der Waals surface area contributed by atoms with Gasteiger partial charge < -0.3 is 4.90 Å². The van der Waals surface area contributed by atoms with Gasteiger partial charge in [-0.3, -0.25) is 14.9 Å². The lowest BCUT2D eigenvalue weighted by Crippen LogP contribution is -2.34. The molecule has 112 valence electrons. The summed E-state index contributed by atoms with van der Waals surface area (Å²) >= 11 is 0. The number of hydrazine groups is 1.